The number of rotatable bonds is 7. The fraction of sp³-hybridized carbons (Fsp3) is 1.00. The topological polar surface area (TPSA) is 30.5 Å². The second-order valence-electron chi connectivity index (χ2n) is 4.77. The van der Waals surface area contributed by atoms with E-state index in [0.29, 0.717) is 17.9 Å². The average Bonchev–Trinajstić information content (AvgIpc) is 2.70. The molecule has 2 atom stereocenters. The van der Waals surface area contributed by atoms with Crippen molar-refractivity contribution in [3.05, 3.63) is 0 Å². The van der Waals surface area contributed by atoms with E-state index in [1.54, 1.807) is 7.11 Å². The lowest BCUT2D eigenvalue weighted by Crippen LogP contribution is -2.38. The van der Waals surface area contributed by atoms with Crippen LogP contribution in [-0.2, 0) is 9.47 Å². The highest BCUT2D eigenvalue weighted by Crippen LogP contribution is 2.13. The molecule has 1 aliphatic rings. The van der Waals surface area contributed by atoms with E-state index >= 15 is 0 Å². The lowest BCUT2D eigenvalue weighted by molar-refractivity contribution is 0.167. The third-order valence-electron chi connectivity index (χ3n) is 3.13. The molecule has 1 rings (SSSR count). The third kappa shape index (κ3) is 4.96. The van der Waals surface area contributed by atoms with Gasteiger partial charge in [-0.2, -0.15) is 0 Å². The molecule has 3 nitrogen and oxygen atoms in total. The van der Waals surface area contributed by atoms with Gasteiger partial charge in [0, 0.05) is 32.9 Å². The molecule has 0 aromatic rings. The predicted molar refractivity (Wildman–Crippen MR) is 62.0 cm³/mol. The molecule has 15 heavy (non-hydrogen) atoms. The molecule has 1 aliphatic heterocycles. The average molecular weight is 215 g/mol. The van der Waals surface area contributed by atoms with Crippen molar-refractivity contribution < 1.29 is 9.47 Å². The minimum atomic E-state index is 0.575. The van der Waals surface area contributed by atoms with Gasteiger partial charge < -0.3 is 14.8 Å². The maximum atomic E-state index is 5.37. The lowest BCUT2D eigenvalue weighted by atomic mass is 10.00. The summed E-state index contributed by atoms with van der Waals surface area (Å²) in [5.41, 5.74) is 0. The number of hydrogen-bond donors (Lipinski definition) is 1. The Morgan fingerprint density at radius 2 is 2.27 bits per heavy atom. The fourth-order valence-corrected chi connectivity index (χ4v) is 1.98. The van der Waals surface area contributed by atoms with Gasteiger partial charge in [0.15, 0.2) is 0 Å². The fourth-order valence-electron chi connectivity index (χ4n) is 1.98. The molecule has 0 aromatic heterocycles. The van der Waals surface area contributed by atoms with Crippen LogP contribution >= 0.6 is 0 Å². The summed E-state index contributed by atoms with van der Waals surface area (Å²) in [4.78, 5) is 0. The molecule has 1 saturated heterocycles. The van der Waals surface area contributed by atoms with Crippen molar-refractivity contribution in [2.24, 2.45) is 11.8 Å². The minimum Gasteiger partial charge on any atom is -0.385 e. The van der Waals surface area contributed by atoms with Crippen LogP contribution in [0.4, 0.5) is 0 Å². The highest BCUT2D eigenvalue weighted by Gasteiger charge is 2.18. The minimum absolute atomic E-state index is 0.575. The summed E-state index contributed by atoms with van der Waals surface area (Å²) in [7, 11) is 1.77. The van der Waals surface area contributed by atoms with Crippen molar-refractivity contribution in [1.29, 1.82) is 0 Å². The van der Waals surface area contributed by atoms with Crippen molar-refractivity contribution in [3.8, 4) is 0 Å². The molecule has 0 saturated carbocycles. The molecule has 0 bridgehead atoms. The Kier molecular flexibility index (Phi) is 6.22. The largest absolute Gasteiger partial charge is 0.385 e. The first kappa shape index (κ1) is 12.9. The predicted octanol–water partition coefficient (Wildman–Crippen LogP) is 1.67. The van der Waals surface area contributed by atoms with Crippen LogP contribution in [0.15, 0.2) is 0 Å². The van der Waals surface area contributed by atoms with E-state index in [2.05, 4.69) is 19.2 Å². The molecule has 0 spiro atoms. The first-order valence-corrected chi connectivity index (χ1v) is 6.04. The van der Waals surface area contributed by atoms with Gasteiger partial charge in [0.05, 0.1) is 6.61 Å². The van der Waals surface area contributed by atoms with Crippen molar-refractivity contribution in [3.63, 3.8) is 0 Å². The normalized spacial score (nSPS) is 23.6. The standard InChI is InChI=1S/C12H25NO2/c1-10(2)12(5-6-14-3)13-8-11-4-7-15-9-11/h10-13H,4-9H2,1-3H3. The smallest absolute Gasteiger partial charge is 0.0507 e. The van der Waals surface area contributed by atoms with Gasteiger partial charge in [-0.25, -0.2) is 0 Å². The van der Waals surface area contributed by atoms with Crippen LogP contribution < -0.4 is 5.32 Å². The van der Waals surface area contributed by atoms with Crippen LogP contribution in [0.3, 0.4) is 0 Å². The van der Waals surface area contributed by atoms with Crippen molar-refractivity contribution in [2.45, 2.75) is 32.7 Å². The van der Waals surface area contributed by atoms with Crippen molar-refractivity contribution >= 4 is 0 Å². The van der Waals surface area contributed by atoms with Crippen LogP contribution in [0.2, 0.25) is 0 Å². The van der Waals surface area contributed by atoms with Crippen LogP contribution in [0.1, 0.15) is 26.7 Å². The molecular weight excluding hydrogens is 190 g/mol. The van der Waals surface area contributed by atoms with Gasteiger partial charge in [-0.3, -0.25) is 0 Å². The first-order chi connectivity index (χ1) is 7.24. The SMILES string of the molecule is COCCC(NCC1CCOC1)C(C)C. The molecule has 1 N–H and O–H groups in total. The molecule has 0 amide bonds. The highest BCUT2D eigenvalue weighted by molar-refractivity contribution is 4.74. The molecule has 1 fully saturated rings. The van der Waals surface area contributed by atoms with Gasteiger partial charge in [-0.05, 0) is 24.7 Å². The Morgan fingerprint density at radius 1 is 1.47 bits per heavy atom. The van der Waals surface area contributed by atoms with Crippen molar-refractivity contribution in [1.82, 2.24) is 5.32 Å². The van der Waals surface area contributed by atoms with E-state index in [4.69, 9.17) is 9.47 Å². The zero-order valence-corrected chi connectivity index (χ0v) is 10.3. The maximum absolute atomic E-state index is 5.37. The molecule has 2 unspecified atom stereocenters. The van der Waals surface area contributed by atoms with E-state index < -0.39 is 0 Å². The molecule has 0 radical (unpaired) electrons. The first-order valence-electron chi connectivity index (χ1n) is 6.04. The van der Waals surface area contributed by atoms with Gasteiger partial charge >= 0.3 is 0 Å². The van der Waals surface area contributed by atoms with Crippen molar-refractivity contribution in [2.75, 3.05) is 33.5 Å². The quantitative estimate of drug-likeness (QED) is 0.701. The Labute approximate surface area is 93.5 Å². The molecule has 90 valence electrons. The summed E-state index contributed by atoms with van der Waals surface area (Å²) in [5.74, 6) is 1.39. The zero-order chi connectivity index (χ0) is 11.1. The third-order valence-corrected chi connectivity index (χ3v) is 3.13. The van der Waals surface area contributed by atoms with Gasteiger partial charge in [-0.1, -0.05) is 13.8 Å². The molecule has 0 aliphatic carbocycles. The van der Waals surface area contributed by atoms with Gasteiger partial charge in [-0.15, -0.1) is 0 Å². The van der Waals surface area contributed by atoms with Crippen LogP contribution in [0, 0.1) is 11.8 Å². The zero-order valence-electron chi connectivity index (χ0n) is 10.3. The summed E-state index contributed by atoms with van der Waals surface area (Å²) in [6.45, 7) is 8.33. The molecule has 3 heteroatoms. The van der Waals surface area contributed by atoms with Gasteiger partial charge in [0.1, 0.15) is 0 Å². The number of hydrogen-bond acceptors (Lipinski definition) is 3. The second-order valence-corrected chi connectivity index (χ2v) is 4.77. The summed E-state index contributed by atoms with van der Waals surface area (Å²) in [5, 5.41) is 3.64. The lowest BCUT2D eigenvalue weighted by Gasteiger charge is -2.23. The highest BCUT2D eigenvalue weighted by atomic mass is 16.5. The monoisotopic (exact) mass is 215 g/mol. The van der Waals surface area contributed by atoms with E-state index in [1.807, 2.05) is 0 Å². The van der Waals surface area contributed by atoms with Gasteiger partial charge in [0.2, 0.25) is 0 Å². The van der Waals surface area contributed by atoms with Crippen LogP contribution in [-0.4, -0.2) is 39.5 Å². The molecule has 0 aromatic carbocycles. The number of methoxy groups -OCH3 is 1. The van der Waals surface area contributed by atoms with Crippen LogP contribution in [0.25, 0.3) is 0 Å². The van der Waals surface area contributed by atoms with E-state index in [9.17, 15) is 0 Å². The van der Waals surface area contributed by atoms with Gasteiger partial charge in [0.25, 0.3) is 0 Å². The van der Waals surface area contributed by atoms with E-state index in [1.165, 1.54) is 6.42 Å². The second kappa shape index (κ2) is 7.20. The Balaban J connectivity index is 2.17. The number of nitrogens with one attached hydrogen (secondary N) is 1. The molecule has 1 heterocycles. The number of ether oxygens (including phenoxy) is 2. The summed E-state index contributed by atoms with van der Waals surface area (Å²) < 4.78 is 10.5. The van der Waals surface area contributed by atoms with E-state index in [-0.39, 0.29) is 0 Å². The Morgan fingerprint density at radius 3 is 2.80 bits per heavy atom. The summed E-state index contributed by atoms with van der Waals surface area (Å²) in [6, 6.07) is 0.575. The summed E-state index contributed by atoms with van der Waals surface area (Å²) in [6.07, 6.45) is 2.31. The molecular formula is C12H25NO2. The van der Waals surface area contributed by atoms with E-state index in [0.717, 1.165) is 32.8 Å². The van der Waals surface area contributed by atoms with Crippen LogP contribution in [0.5, 0.6) is 0 Å². The Hall–Kier alpha value is -0.120. The summed E-state index contributed by atoms with van der Waals surface area (Å²) >= 11 is 0. The maximum Gasteiger partial charge on any atom is 0.0507 e. The Bertz CT molecular complexity index is 156.